The van der Waals surface area contributed by atoms with E-state index in [1.807, 2.05) is 52.0 Å². The van der Waals surface area contributed by atoms with Crippen molar-refractivity contribution in [3.05, 3.63) is 58.4 Å². The van der Waals surface area contributed by atoms with Gasteiger partial charge in [-0.15, -0.1) is 0 Å². The van der Waals surface area contributed by atoms with E-state index in [1.165, 1.54) is 0 Å². The molecule has 6 nitrogen and oxygen atoms in total. The molecule has 1 aromatic heterocycles. The zero-order chi connectivity index (χ0) is 21.4. The van der Waals surface area contributed by atoms with Crippen LogP contribution < -0.4 is 19.5 Å². The summed E-state index contributed by atoms with van der Waals surface area (Å²) in [7, 11) is 1.63. The molecule has 1 aliphatic heterocycles. The van der Waals surface area contributed by atoms with Gasteiger partial charge in [-0.05, 0) is 62.6 Å². The first kappa shape index (κ1) is 19.9. The van der Waals surface area contributed by atoms with E-state index in [1.54, 1.807) is 13.2 Å². The number of hydrogen-bond acceptors (Lipinski definition) is 5. The normalized spacial score (nSPS) is 13.0. The fourth-order valence-electron chi connectivity index (χ4n) is 3.73. The minimum atomic E-state index is -0.176. The molecule has 0 bridgehead atoms. The van der Waals surface area contributed by atoms with Gasteiger partial charge in [0.25, 0.3) is 0 Å². The van der Waals surface area contributed by atoms with E-state index in [0.29, 0.717) is 18.0 Å². The number of aryl methyl sites for hydroxylation is 3. The van der Waals surface area contributed by atoms with Crippen LogP contribution in [0.4, 0.5) is 0 Å². The first-order valence-electron chi connectivity index (χ1n) is 9.81. The van der Waals surface area contributed by atoms with Gasteiger partial charge < -0.3 is 23.9 Å². The van der Waals surface area contributed by atoms with Gasteiger partial charge in [-0.1, -0.05) is 6.07 Å². The summed E-state index contributed by atoms with van der Waals surface area (Å²) < 4.78 is 22.3. The second-order valence-electron chi connectivity index (χ2n) is 7.48. The molecule has 0 unspecified atom stereocenters. The molecule has 1 amide bonds. The highest BCUT2D eigenvalue weighted by atomic mass is 16.7. The maximum absolute atomic E-state index is 12.6. The summed E-state index contributed by atoms with van der Waals surface area (Å²) in [5, 5.41) is 3.96. The number of methoxy groups -OCH3 is 1. The third kappa shape index (κ3) is 3.49. The van der Waals surface area contributed by atoms with Crippen molar-refractivity contribution in [3.63, 3.8) is 0 Å². The second kappa shape index (κ2) is 7.78. The highest BCUT2D eigenvalue weighted by Crippen LogP contribution is 2.38. The zero-order valence-electron chi connectivity index (χ0n) is 17.8. The molecule has 4 rings (SSSR count). The fourth-order valence-corrected chi connectivity index (χ4v) is 3.73. The van der Waals surface area contributed by atoms with E-state index < -0.39 is 0 Å². The molecular weight excluding hydrogens is 382 g/mol. The molecule has 2 heterocycles. The Morgan fingerprint density at radius 1 is 1.13 bits per heavy atom. The molecule has 2 aromatic carbocycles. The minimum absolute atomic E-state index is 0.176. The van der Waals surface area contributed by atoms with Crippen LogP contribution in [0.25, 0.3) is 16.5 Å². The average molecular weight is 407 g/mol. The lowest BCUT2D eigenvalue weighted by Gasteiger charge is -2.13. The van der Waals surface area contributed by atoms with Gasteiger partial charge in [0.05, 0.1) is 7.11 Å². The van der Waals surface area contributed by atoms with E-state index >= 15 is 0 Å². The number of furan rings is 1. The van der Waals surface area contributed by atoms with Crippen LogP contribution in [-0.4, -0.2) is 19.8 Å². The number of allylic oxidation sites excluding steroid dienone is 1. The lowest BCUT2D eigenvalue weighted by molar-refractivity contribution is -0.116. The Hall–Kier alpha value is -3.41. The molecule has 30 heavy (non-hydrogen) atoms. The molecule has 1 N–H and O–H groups in total. The number of rotatable bonds is 5. The van der Waals surface area contributed by atoms with E-state index in [9.17, 15) is 4.79 Å². The predicted octanol–water partition coefficient (Wildman–Crippen LogP) is 4.82. The maximum atomic E-state index is 12.6. The molecule has 0 radical (unpaired) electrons. The van der Waals surface area contributed by atoms with Crippen molar-refractivity contribution in [3.8, 4) is 17.2 Å². The number of hydrogen-bond donors (Lipinski definition) is 1. The van der Waals surface area contributed by atoms with E-state index in [0.717, 1.165) is 50.3 Å². The number of fused-ring (bicyclic) bond motifs is 2. The predicted molar refractivity (Wildman–Crippen MR) is 115 cm³/mol. The molecule has 1 aliphatic rings. The maximum Gasteiger partial charge on any atom is 0.244 e. The van der Waals surface area contributed by atoms with Crippen molar-refractivity contribution in [1.82, 2.24) is 5.32 Å². The quantitative estimate of drug-likeness (QED) is 0.615. The van der Waals surface area contributed by atoms with Crippen molar-refractivity contribution in [2.75, 3.05) is 13.9 Å². The highest BCUT2D eigenvalue weighted by Gasteiger charge is 2.18. The van der Waals surface area contributed by atoms with Crippen LogP contribution in [-0.2, 0) is 11.3 Å². The Morgan fingerprint density at radius 3 is 2.67 bits per heavy atom. The lowest BCUT2D eigenvalue weighted by Crippen LogP contribution is -2.20. The molecule has 0 saturated heterocycles. The minimum Gasteiger partial charge on any atom is -0.496 e. The third-order valence-corrected chi connectivity index (χ3v) is 5.53. The SMILES string of the molecule is COc1c(/C(C)=C/C(=O)NCc2ccc3c(c2)OCO3)cc2c(C)c(C)oc2c1C. The fraction of sp³-hybridized carbons (Fsp3) is 0.292. The van der Waals surface area contributed by atoms with Crippen molar-refractivity contribution >= 4 is 22.4 Å². The number of benzene rings is 2. The van der Waals surface area contributed by atoms with Gasteiger partial charge >= 0.3 is 0 Å². The van der Waals surface area contributed by atoms with Crippen LogP contribution in [0.5, 0.6) is 17.2 Å². The smallest absolute Gasteiger partial charge is 0.244 e. The number of carbonyl (C=O) groups is 1. The Balaban J connectivity index is 1.57. The van der Waals surface area contributed by atoms with Gasteiger partial charge in [0.2, 0.25) is 12.7 Å². The van der Waals surface area contributed by atoms with Crippen LogP contribution in [0.1, 0.15) is 34.9 Å². The second-order valence-corrected chi connectivity index (χ2v) is 7.48. The van der Waals surface area contributed by atoms with Gasteiger partial charge in [0, 0.05) is 29.1 Å². The molecule has 0 fully saturated rings. The summed E-state index contributed by atoms with van der Waals surface area (Å²) in [5.74, 6) is 2.85. The Bertz CT molecular complexity index is 1170. The Morgan fingerprint density at radius 2 is 1.90 bits per heavy atom. The molecular formula is C24H25NO5. The molecule has 6 heteroatoms. The van der Waals surface area contributed by atoms with Crippen molar-refractivity contribution in [2.45, 2.75) is 34.2 Å². The lowest BCUT2D eigenvalue weighted by atomic mass is 9.98. The van der Waals surface area contributed by atoms with Crippen LogP contribution in [0.3, 0.4) is 0 Å². The highest BCUT2D eigenvalue weighted by molar-refractivity contribution is 5.98. The average Bonchev–Trinajstić information content (AvgIpc) is 3.31. The van der Waals surface area contributed by atoms with Crippen LogP contribution in [0.15, 0.2) is 34.8 Å². The van der Waals surface area contributed by atoms with Crippen molar-refractivity contribution < 1.29 is 23.4 Å². The summed E-state index contributed by atoms with van der Waals surface area (Å²) in [6.45, 7) is 8.50. The molecule has 0 aliphatic carbocycles. The monoisotopic (exact) mass is 407 g/mol. The molecule has 0 saturated carbocycles. The Kier molecular flexibility index (Phi) is 5.16. The summed E-state index contributed by atoms with van der Waals surface area (Å²) in [6.07, 6.45) is 1.60. The number of amides is 1. The van der Waals surface area contributed by atoms with Gasteiger partial charge in [0.15, 0.2) is 11.5 Å². The standard InChI is InChI=1S/C24H25NO5/c1-13(8-22(26)25-11-17-6-7-20-21(9-17)29-12-28-20)18-10-19-14(2)16(4)30-24(19)15(3)23(18)27-5/h6-10H,11-12H2,1-5H3,(H,25,26)/b13-8+. The summed E-state index contributed by atoms with van der Waals surface area (Å²) in [4.78, 5) is 12.6. The Labute approximate surface area is 175 Å². The summed E-state index contributed by atoms with van der Waals surface area (Å²) >= 11 is 0. The topological polar surface area (TPSA) is 69.9 Å². The van der Waals surface area contributed by atoms with E-state index in [2.05, 4.69) is 5.32 Å². The van der Waals surface area contributed by atoms with Gasteiger partial charge in [0.1, 0.15) is 17.1 Å². The largest absolute Gasteiger partial charge is 0.496 e. The zero-order valence-corrected chi connectivity index (χ0v) is 17.8. The first-order chi connectivity index (χ1) is 14.4. The van der Waals surface area contributed by atoms with Crippen molar-refractivity contribution in [2.24, 2.45) is 0 Å². The van der Waals surface area contributed by atoms with Crippen molar-refractivity contribution in [1.29, 1.82) is 0 Å². The summed E-state index contributed by atoms with van der Waals surface area (Å²) in [5.41, 5.74) is 5.48. The number of nitrogens with one attached hydrogen (secondary N) is 1. The van der Waals surface area contributed by atoms with Crippen LogP contribution in [0, 0.1) is 20.8 Å². The summed E-state index contributed by atoms with van der Waals surface area (Å²) in [6, 6.07) is 7.67. The molecule has 156 valence electrons. The number of ether oxygens (including phenoxy) is 3. The van der Waals surface area contributed by atoms with Crippen LogP contribution in [0.2, 0.25) is 0 Å². The van der Waals surface area contributed by atoms with E-state index in [-0.39, 0.29) is 12.7 Å². The molecule has 3 aromatic rings. The first-order valence-corrected chi connectivity index (χ1v) is 9.81. The van der Waals surface area contributed by atoms with Gasteiger partial charge in [-0.25, -0.2) is 0 Å². The molecule has 0 spiro atoms. The third-order valence-electron chi connectivity index (χ3n) is 5.53. The van der Waals surface area contributed by atoms with Gasteiger partial charge in [-0.3, -0.25) is 4.79 Å². The van der Waals surface area contributed by atoms with Crippen LogP contribution >= 0.6 is 0 Å². The van der Waals surface area contributed by atoms with Gasteiger partial charge in [-0.2, -0.15) is 0 Å². The molecule has 0 atom stereocenters. The van der Waals surface area contributed by atoms with E-state index in [4.69, 9.17) is 18.6 Å². The number of carbonyl (C=O) groups excluding carboxylic acids is 1.